The highest BCUT2D eigenvalue weighted by Gasteiger charge is 2.17. The molecule has 0 bridgehead atoms. The van der Waals surface area contributed by atoms with E-state index < -0.39 is 6.04 Å². The van der Waals surface area contributed by atoms with Gasteiger partial charge in [0, 0.05) is 28.4 Å². The molecule has 0 radical (unpaired) electrons. The van der Waals surface area contributed by atoms with Crippen molar-refractivity contribution in [3.05, 3.63) is 40.2 Å². The zero-order valence-electron chi connectivity index (χ0n) is 12.6. The number of nitrogens with two attached hydrogens (primary N) is 1. The Labute approximate surface area is 123 Å². The van der Waals surface area contributed by atoms with Crippen LogP contribution in [0.5, 0.6) is 0 Å². The van der Waals surface area contributed by atoms with Gasteiger partial charge in [0.15, 0.2) is 5.43 Å². The highest BCUT2D eigenvalue weighted by molar-refractivity contribution is 5.96. The van der Waals surface area contributed by atoms with Crippen LogP contribution in [0.25, 0.3) is 10.9 Å². The van der Waals surface area contributed by atoms with E-state index in [0.717, 1.165) is 17.6 Å². The highest BCUT2D eigenvalue weighted by atomic mass is 16.2. The lowest BCUT2D eigenvalue weighted by molar-refractivity contribution is -0.118. The number of carbonyl (C=O) groups is 1. The van der Waals surface area contributed by atoms with Crippen molar-refractivity contribution in [2.24, 2.45) is 11.7 Å². The minimum atomic E-state index is -0.568. The third-order valence-corrected chi connectivity index (χ3v) is 3.55. The van der Waals surface area contributed by atoms with E-state index in [2.05, 4.69) is 10.3 Å². The largest absolute Gasteiger partial charge is 0.358 e. The molecule has 1 aromatic carbocycles. The molecule has 112 valence electrons. The van der Waals surface area contributed by atoms with Crippen LogP contribution in [0.3, 0.4) is 0 Å². The van der Waals surface area contributed by atoms with Crippen LogP contribution >= 0.6 is 0 Å². The van der Waals surface area contributed by atoms with Crippen LogP contribution in [0.1, 0.15) is 26.5 Å². The lowest BCUT2D eigenvalue weighted by atomic mass is 10.0. The molecule has 1 atom stereocenters. The molecule has 5 heteroatoms. The van der Waals surface area contributed by atoms with E-state index in [1.165, 1.54) is 0 Å². The van der Waals surface area contributed by atoms with Gasteiger partial charge in [-0.05, 0) is 30.5 Å². The smallest absolute Gasteiger partial charge is 0.241 e. The first-order chi connectivity index (χ1) is 9.92. The maximum Gasteiger partial charge on any atom is 0.241 e. The normalized spacial score (nSPS) is 12.6. The second-order valence-corrected chi connectivity index (χ2v) is 5.53. The molecule has 0 unspecified atom stereocenters. The van der Waals surface area contributed by atoms with E-state index in [4.69, 9.17) is 5.73 Å². The van der Waals surface area contributed by atoms with Gasteiger partial charge in [0.1, 0.15) is 0 Å². The Hall–Kier alpha value is -2.14. The van der Waals surface area contributed by atoms with Gasteiger partial charge in [0.25, 0.3) is 0 Å². The van der Waals surface area contributed by atoms with Crippen LogP contribution in [-0.2, 0) is 11.2 Å². The number of benzene rings is 1. The summed E-state index contributed by atoms with van der Waals surface area (Å²) < 4.78 is 0. The van der Waals surface area contributed by atoms with Gasteiger partial charge in [-0.25, -0.2) is 0 Å². The lowest BCUT2D eigenvalue weighted by Crippen LogP contribution is -2.39. The van der Waals surface area contributed by atoms with Crippen molar-refractivity contribution < 1.29 is 4.79 Å². The molecule has 1 heterocycles. The quantitative estimate of drug-likeness (QED) is 0.803. The van der Waals surface area contributed by atoms with Crippen molar-refractivity contribution in [2.75, 3.05) is 5.32 Å². The van der Waals surface area contributed by atoms with Gasteiger partial charge in [0.2, 0.25) is 5.91 Å². The number of hydrogen-bond donors (Lipinski definition) is 3. The Morgan fingerprint density at radius 2 is 2.05 bits per heavy atom. The Bertz CT molecular complexity index is 719. The fourth-order valence-electron chi connectivity index (χ4n) is 2.10. The molecule has 2 rings (SSSR count). The van der Waals surface area contributed by atoms with Gasteiger partial charge in [-0.1, -0.05) is 20.8 Å². The summed E-state index contributed by atoms with van der Waals surface area (Å²) in [5.41, 5.74) is 8.00. The van der Waals surface area contributed by atoms with Crippen LogP contribution in [-0.4, -0.2) is 16.9 Å². The molecule has 21 heavy (non-hydrogen) atoms. The maximum atomic E-state index is 12.1. The van der Waals surface area contributed by atoms with Gasteiger partial charge in [-0.15, -0.1) is 0 Å². The van der Waals surface area contributed by atoms with Crippen molar-refractivity contribution >= 4 is 22.5 Å². The average molecular weight is 287 g/mol. The molecule has 0 spiro atoms. The summed E-state index contributed by atoms with van der Waals surface area (Å²) in [6, 6.07) is 6.27. The van der Waals surface area contributed by atoms with Crippen molar-refractivity contribution in [1.29, 1.82) is 0 Å². The predicted octanol–water partition coefficient (Wildman–Crippen LogP) is 2.01. The van der Waals surface area contributed by atoms with Gasteiger partial charge in [-0.2, -0.15) is 0 Å². The summed E-state index contributed by atoms with van der Waals surface area (Å²) >= 11 is 0. The Kier molecular flexibility index (Phi) is 4.43. The molecule has 0 aliphatic rings. The number of H-pyrrole nitrogens is 1. The summed E-state index contributed by atoms with van der Waals surface area (Å²) in [5.74, 6) is -0.188. The van der Waals surface area contributed by atoms with Crippen LogP contribution in [0.15, 0.2) is 29.1 Å². The summed E-state index contributed by atoms with van der Waals surface area (Å²) in [4.78, 5) is 27.2. The summed E-state index contributed by atoms with van der Waals surface area (Å²) in [6.45, 7) is 5.77. The van der Waals surface area contributed by atoms with Crippen molar-refractivity contribution in [1.82, 2.24) is 4.98 Å². The topological polar surface area (TPSA) is 88.0 Å². The van der Waals surface area contributed by atoms with Crippen LogP contribution < -0.4 is 16.5 Å². The maximum absolute atomic E-state index is 12.1. The molecule has 5 nitrogen and oxygen atoms in total. The molecule has 2 aromatic rings. The second-order valence-electron chi connectivity index (χ2n) is 5.53. The molecule has 0 fully saturated rings. The fraction of sp³-hybridized carbons (Fsp3) is 0.375. The molecule has 0 aliphatic carbocycles. The number of pyridine rings is 1. The van der Waals surface area contributed by atoms with Gasteiger partial charge in [-0.3, -0.25) is 9.59 Å². The Morgan fingerprint density at radius 1 is 1.33 bits per heavy atom. The predicted molar refractivity (Wildman–Crippen MR) is 85.4 cm³/mol. The third-order valence-electron chi connectivity index (χ3n) is 3.55. The minimum absolute atomic E-state index is 0.0511. The minimum Gasteiger partial charge on any atom is -0.358 e. The molecular weight excluding hydrogens is 266 g/mol. The first-order valence-electron chi connectivity index (χ1n) is 7.14. The Balaban J connectivity index is 2.33. The number of aromatic amines is 1. The van der Waals surface area contributed by atoms with E-state index >= 15 is 0 Å². The number of anilines is 1. The van der Waals surface area contributed by atoms with Crippen LogP contribution in [0.4, 0.5) is 5.69 Å². The standard InChI is InChI=1S/C16H21N3O2/c1-4-10-8-14(20)12-7-11(5-6-13(12)18-10)19-16(21)15(17)9(2)3/h5-9,15H,4,17H2,1-3H3,(H,18,20)(H,19,21)/t15-/m0/s1. The van der Waals surface area contributed by atoms with Gasteiger partial charge >= 0.3 is 0 Å². The van der Waals surface area contributed by atoms with Gasteiger partial charge in [0.05, 0.1) is 6.04 Å². The molecule has 0 aliphatic heterocycles. The lowest BCUT2D eigenvalue weighted by Gasteiger charge is -2.15. The van der Waals surface area contributed by atoms with E-state index in [1.807, 2.05) is 20.8 Å². The summed E-state index contributed by atoms with van der Waals surface area (Å²) in [5, 5.41) is 3.31. The van der Waals surface area contributed by atoms with Crippen LogP contribution in [0.2, 0.25) is 0 Å². The van der Waals surface area contributed by atoms with Crippen molar-refractivity contribution in [3.8, 4) is 0 Å². The number of rotatable bonds is 4. The van der Waals surface area contributed by atoms with Crippen molar-refractivity contribution in [2.45, 2.75) is 33.2 Å². The zero-order chi connectivity index (χ0) is 15.6. The average Bonchev–Trinajstić information content (AvgIpc) is 2.46. The number of hydrogen-bond acceptors (Lipinski definition) is 3. The monoisotopic (exact) mass is 287 g/mol. The SMILES string of the molecule is CCc1cc(=O)c2cc(NC(=O)[C@@H](N)C(C)C)ccc2[nH]1. The van der Waals surface area contributed by atoms with E-state index in [9.17, 15) is 9.59 Å². The second kappa shape index (κ2) is 6.10. The summed E-state index contributed by atoms with van der Waals surface area (Å²) in [6.07, 6.45) is 0.771. The molecule has 1 aromatic heterocycles. The number of carbonyl (C=O) groups excluding carboxylic acids is 1. The van der Waals surface area contributed by atoms with E-state index in [-0.39, 0.29) is 17.3 Å². The number of aromatic nitrogens is 1. The van der Waals surface area contributed by atoms with Crippen LogP contribution in [0, 0.1) is 5.92 Å². The number of nitrogens with one attached hydrogen (secondary N) is 2. The zero-order valence-corrected chi connectivity index (χ0v) is 12.6. The molecule has 0 saturated carbocycles. The number of aryl methyl sites for hydroxylation is 1. The third kappa shape index (κ3) is 3.31. The first kappa shape index (κ1) is 15.3. The van der Waals surface area contributed by atoms with E-state index in [1.54, 1.807) is 24.3 Å². The molecule has 1 amide bonds. The van der Waals surface area contributed by atoms with E-state index in [0.29, 0.717) is 11.1 Å². The summed E-state index contributed by atoms with van der Waals surface area (Å²) in [7, 11) is 0. The Morgan fingerprint density at radius 3 is 2.67 bits per heavy atom. The van der Waals surface area contributed by atoms with Crippen molar-refractivity contribution in [3.63, 3.8) is 0 Å². The highest BCUT2D eigenvalue weighted by Crippen LogP contribution is 2.16. The number of fused-ring (bicyclic) bond motifs is 1. The molecular formula is C16H21N3O2. The molecule has 4 N–H and O–H groups in total. The fourth-order valence-corrected chi connectivity index (χ4v) is 2.10. The molecule has 0 saturated heterocycles. The van der Waals surface area contributed by atoms with Gasteiger partial charge < -0.3 is 16.0 Å². The first-order valence-corrected chi connectivity index (χ1v) is 7.14. The number of amides is 1.